The average Bonchev–Trinajstić information content (AvgIpc) is 3.07. The maximum atomic E-state index is 12.3. The topological polar surface area (TPSA) is 112 Å². The highest BCUT2D eigenvalue weighted by Gasteiger charge is 2.36. The van der Waals surface area contributed by atoms with Crippen molar-refractivity contribution in [3.05, 3.63) is 28.6 Å². The summed E-state index contributed by atoms with van der Waals surface area (Å²) in [5.74, 6) is 0.352. The van der Waals surface area contributed by atoms with E-state index in [0.29, 0.717) is 11.5 Å². The highest BCUT2D eigenvalue weighted by Crippen LogP contribution is 2.33. The molecule has 1 saturated heterocycles. The number of hydrogen-bond donors (Lipinski definition) is 0. The summed E-state index contributed by atoms with van der Waals surface area (Å²) >= 11 is 0.840. The van der Waals surface area contributed by atoms with Gasteiger partial charge in [0, 0.05) is 25.1 Å². The lowest BCUT2D eigenvalue weighted by atomic mass is 10.3. The number of amides is 2. The predicted octanol–water partition coefficient (Wildman–Crippen LogP) is 2.40. The molecule has 2 amide bonds. The number of carbonyl (C=O) groups is 2. The Balaban J connectivity index is 2.16. The first-order valence-electron chi connectivity index (χ1n) is 7.81. The Morgan fingerprint density at radius 3 is 2.62 bits per heavy atom. The van der Waals surface area contributed by atoms with Gasteiger partial charge in [-0.1, -0.05) is 0 Å². The molecule has 26 heavy (non-hydrogen) atoms. The zero-order chi connectivity index (χ0) is 19.5. The molecule has 0 bridgehead atoms. The second kappa shape index (κ2) is 8.07. The van der Waals surface area contributed by atoms with Gasteiger partial charge in [-0.25, -0.2) is 8.42 Å². The summed E-state index contributed by atoms with van der Waals surface area (Å²) in [6.45, 7) is 3.57. The van der Waals surface area contributed by atoms with Crippen LogP contribution in [0, 0.1) is 11.3 Å². The molecular formula is C16H19N3O5S2. The number of nitrogens with zero attached hydrogens (tertiary/aromatic N) is 3. The molecule has 0 atom stereocenters. The Bertz CT molecular complexity index is 880. The minimum atomic E-state index is -3.48. The molecular weight excluding hydrogens is 378 g/mol. The number of rotatable bonds is 7. The molecule has 2 rings (SSSR count). The molecule has 1 fully saturated rings. The van der Waals surface area contributed by atoms with Gasteiger partial charge in [0.05, 0.1) is 23.8 Å². The van der Waals surface area contributed by atoms with E-state index in [9.17, 15) is 18.0 Å². The van der Waals surface area contributed by atoms with Crippen molar-refractivity contribution in [3.63, 3.8) is 0 Å². The smallest absolute Gasteiger partial charge is 0.293 e. The van der Waals surface area contributed by atoms with Gasteiger partial charge in [-0.3, -0.25) is 14.5 Å². The fraction of sp³-hybridized carbons (Fsp3) is 0.438. The monoisotopic (exact) mass is 397 g/mol. The lowest BCUT2D eigenvalue weighted by Crippen LogP contribution is -2.34. The van der Waals surface area contributed by atoms with Crippen molar-refractivity contribution in [3.8, 4) is 6.07 Å². The molecule has 1 aromatic rings. The first-order valence-corrected chi connectivity index (χ1v) is 10.5. The van der Waals surface area contributed by atoms with Gasteiger partial charge in [-0.2, -0.15) is 9.57 Å². The fourth-order valence-electron chi connectivity index (χ4n) is 2.32. The maximum Gasteiger partial charge on any atom is 0.293 e. The van der Waals surface area contributed by atoms with E-state index in [-0.39, 0.29) is 41.6 Å². The van der Waals surface area contributed by atoms with Crippen LogP contribution < -0.4 is 0 Å². The molecule has 2 heterocycles. The van der Waals surface area contributed by atoms with Gasteiger partial charge in [0.1, 0.15) is 11.5 Å². The van der Waals surface area contributed by atoms with Gasteiger partial charge >= 0.3 is 0 Å². The molecule has 1 aliphatic rings. The first kappa shape index (κ1) is 20.2. The van der Waals surface area contributed by atoms with Gasteiger partial charge in [0.2, 0.25) is 10.0 Å². The highest BCUT2D eigenvalue weighted by atomic mass is 32.2. The van der Waals surface area contributed by atoms with E-state index in [1.54, 1.807) is 26.0 Å². The lowest BCUT2D eigenvalue weighted by molar-refractivity contribution is -0.123. The van der Waals surface area contributed by atoms with Crippen LogP contribution in [-0.4, -0.2) is 47.6 Å². The van der Waals surface area contributed by atoms with Crippen LogP contribution >= 0.6 is 11.8 Å². The summed E-state index contributed by atoms with van der Waals surface area (Å²) in [7, 11) is -3.48. The van der Waals surface area contributed by atoms with E-state index in [1.165, 1.54) is 11.0 Å². The number of sulfonamides is 1. The Morgan fingerprint density at radius 2 is 2.08 bits per heavy atom. The standard InChI is InChI=1S/C16H19N3O5S2/c1-11(2)19-15(20)14(25-16(19)21)9-12-5-6-13(24-12)10-18(8-4-7-17)26(3,22)23/h5-6,9,11H,4,8,10H2,1-3H3/b14-9-. The summed E-state index contributed by atoms with van der Waals surface area (Å²) < 4.78 is 30.3. The first-order chi connectivity index (χ1) is 12.1. The number of furan rings is 1. The zero-order valence-electron chi connectivity index (χ0n) is 14.6. The molecule has 0 unspecified atom stereocenters. The Kier molecular flexibility index (Phi) is 6.28. The van der Waals surface area contributed by atoms with Crippen molar-refractivity contribution in [1.29, 1.82) is 5.26 Å². The second-order valence-electron chi connectivity index (χ2n) is 5.95. The molecule has 0 aliphatic carbocycles. The fourth-order valence-corrected chi connectivity index (χ4v) is 4.05. The Hall–Kier alpha value is -2.09. The minimum absolute atomic E-state index is 0.0121. The van der Waals surface area contributed by atoms with Crippen LogP contribution in [-0.2, 0) is 21.4 Å². The average molecular weight is 397 g/mol. The molecule has 0 radical (unpaired) electrons. The van der Waals surface area contributed by atoms with Crippen molar-refractivity contribution in [2.24, 2.45) is 0 Å². The lowest BCUT2D eigenvalue weighted by Gasteiger charge is -2.16. The van der Waals surface area contributed by atoms with Gasteiger partial charge in [0.25, 0.3) is 11.1 Å². The Morgan fingerprint density at radius 1 is 1.38 bits per heavy atom. The molecule has 0 N–H and O–H groups in total. The van der Waals surface area contributed by atoms with E-state index in [1.807, 2.05) is 6.07 Å². The van der Waals surface area contributed by atoms with Crippen LogP contribution in [0.3, 0.4) is 0 Å². The summed E-state index contributed by atoms with van der Waals surface area (Å²) in [6.07, 6.45) is 2.61. The van der Waals surface area contributed by atoms with Crippen LogP contribution in [0.2, 0.25) is 0 Å². The molecule has 10 heteroatoms. The summed E-state index contributed by atoms with van der Waals surface area (Å²) in [5, 5.41) is 8.32. The minimum Gasteiger partial charge on any atom is -0.460 e. The number of carbonyl (C=O) groups excluding carboxylic acids is 2. The Labute approximate surface area is 156 Å². The summed E-state index contributed by atoms with van der Waals surface area (Å²) in [4.78, 5) is 25.6. The van der Waals surface area contributed by atoms with E-state index in [0.717, 1.165) is 22.3 Å². The van der Waals surface area contributed by atoms with Gasteiger partial charge in [-0.15, -0.1) is 0 Å². The van der Waals surface area contributed by atoms with E-state index < -0.39 is 10.0 Å². The van der Waals surface area contributed by atoms with E-state index in [4.69, 9.17) is 9.68 Å². The van der Waals surface area contributed by atoms with Gasteiger partial charge in [0.15, 0.2) is 0 Å². The van der Waals surface area contributed by atoms with E-state index in [2.05, 4.69) is 0 Å². The molecule has 0 saturated carbocycles. The van der Waals surface area contributed by atoms with Crippen LogP contribution in [0.5, 0.6) is 0 Å². The third-order valence-corrected chi connectivity index (χ3v) is 5.70. The molecule has 140 valence electrons. The molecule has 0 spiro atoms. The summed E-state index contributed by atoms with van der Waals surface area (Å²) in [5.41, 5.74) is 0. The van der Waals surface area contributed by atoms with Crippen molar-refractivity contribution in [2.75, 3.05) is 12.8 Å². The maximum absolute atomic E-state index is 12.3. The third-order valence-electron chi connectivity index (χ3n) is 3.57. The SMILES string of the molecule is CC(C)N1C(=O)S/C(=C\c2ccc(CN(CCC#N)S(C)(=O)=O)o2)C1=O. The summed E-state index contributed by atoms with van der Waals surface area (Å²) in [6, 6.07) is 4.88. The number of thioether (sulfide) groups is 1. The number of imide groups is 1. The quantitative estimate of drug-likeness (QED) is 0.649. The molecule has 1 aliphatic heterocycles. The largest absolute Gasteiger partial charge is 0.460 e. The highest BCUT2D eigenvalue weighted by molar-refractivity contribution is 8.18. The third kappa shape index (κ3) is 4.75. The van der Waals surface area contributed by atoms with Crippen molar-refractivity contribution in [1.82, 2.24) is 9.21 Å². The molecule has 1 aromatic heterocycles. The van der Waals surface area contributed by atoms with Crippen molar-refractivity contribution < 1.29 is 22.4 Å². The van der Waals surface area contributed by atoms with E-state index >= 15 is 0 Å². The zero-order valence-corrected chi connectivity index (χ0v) is 16.3. The van der Waals surface area contributed by atoms with Crippen LogP contribution in [0.15, 0.2) is 21.5 Å². The normalized spacial score (nSPS) is 16.9. The van der Waals surface area contributed by atoms with Crippen LogP contribution in [0.1, 0.15) is 31.8 Å². The molecule has 0 aromatic carbocycles. The van der Waals surface area contributed by atoms with Gasteiger partial charge in [-0.05, 0) is 37.7 Å². The second-order valence-corrected chi connectivity index (χ2v) is 8.93. The van der Waals surface area contributed by atoms with Crippen molar-refractivity contribution in [2.45, 2.75) is 32.9 Å². The van der Waals surface area contributed by atoms with Crippen LogP contribution in [0.4, 0.5) is 4.79 Å². The van der Waals surface area contributed by atoms with Crippen molar-refractivity contribution >= 4 is 39.0 Å². The number of nitriles is 1. The number of hydrogen-bond acceptors (Lipinski definition) is 7. The predicted molar refractivity (Wildman–Crippen MR) is 97.1 cm³/mol. The molecule has 8 nitrogen and oxygen atoms in total. The van der Waals surface area contributed by atoms with Crippen LogP contribution in [0.25, 0.3) is 6.08 Å². The van der Waals surface area contributed by atoms with Gasteiger partial charge < -0.3 is 4.42 Å².